The Balaban J connectivity index is 1.47. The van der Waals surface area contributed by atoms with Crippen molar-refractivity contribution in [3.63, 3.8) is 0 Å². The van der Waals surface area contributed by atoms with E-state index in [1.807, 2.05) is 0 Å². The first-order valence-electron chi connectivity index (χ1n) is 16.8. The third kappa shape index (κ3) is 13.3. The standard InChI is InChI=1S/C38H42F4O8/c1-3-5-7-8-9-10-11-12-14-34(43)47-28-19-15-26(16-20-28)35(44)48-29-21-17-27(18-22-29)36(45)49-30-23-24-31(32(39)25-30)37(46)50-33(13-6-4-2)38(40,41)42/h15-25,33H,3-14H2,1-2H3/t33-/m1/s1. The molecule has 0 heterocycles. The molecule has 0 unspecified atom stereocenters. The topological polar surface area (TPSA) is 105 Å². The minimum Gasteiger partial charge on any atom is -0.449 e. The summed E-state index contributed by atoms with van der Waals surface area (Å²) in [6, 6.07) is 13.8. The summed E-state index contributed by atoms with van der Waals surface area (Å²) in [6.07, 6.45) is 2.22. The molecule has 0 saturated carbocycles. The smallest absolute Gasteiger partial charge is 0.425 e. The summed E-state index contributed by atoms with van der Waals surface area (Å²) >= 11 is 0. The van der Waals surface area contributed by atoms with Crippen LogP contribution in [0, 0.1) is 5.82 Å². The van der Waals surface area contributed by atoms with E-state index in [9.17, 15) is 36.7 Å². The van der Waals surface area contributed by atoms with Gasteiger partial charge in [0.25, 0.3) is 0 Å². The predicted molar refractivity (Wildman–Crippen MR) is 177 cm³/mol. The number of ether oxygens (including phenoxy) is 4. The molecule has 3 aromatic rings. The average Bonchev–Trinajstić information content (AvgIpc) is 3.07. The van der Waals surface area contributed by atoms with Gasteiger partial charge in [0.15, 0.2) is 6.10 Å². The van der Waals surface area contributed by atoms with Crippen LogP contribution < -0.4 is 14.2 Å². The van der Waals surface area contributed by atoms with E-state index in [0.717, 1.165) is 31.4 Å². The molecule has 0 amide bonds. The molecule has 0 aromatic heterocycles. The molecule has 12 heteroatoms. The summed E-state index contributed by atoms with van der Waals surface area (Å²) in [4.78, 5) is 49.6. The largest absolute Gasteiger partial charge is 0.449 e. The van der Waals surface area contributed by atoms with Gasteiger partial charge in [-0.3, -0.25) is 4.79 Å². The molecule has 8 nitrogen and oxygen atoms in total. The quantitative estimate of drug-likeness (QED) is 0.0526. The molecule has 0 spiro atoms. The van der Waals surface area contributed by atoms with Gasteiger partial charge in [0, 0.05) is 12.5 Å². The Labute approximate surface area is 289 Å². The summed E-state index contributed by atoms with van der Waals surface area (Å²) in [6.45, 7) is 3.86. The number of esters is 4. The van der Waals surface area contributed by atoms with Crippen molar-refractivity contribution in [3.05, 3.63) is 89.2 Å². The number of hydrogen-bond donors (Lipinski definition) is 0. The summed E-state index contributed by atoms with van der Waals surface area (Å²) in [5, 5.41) is 0. The van der Waals surface area contributed by atoms with E-state index in [2.05, 4.69) is 11.7 Å². The highest BCUT2D eigenvalue weighted by molar-refractivity contribution is 5.93. The Morgan fingerprint density at radius 1 is 0.600 bits per heavy atom. The molecule has 0 bridgehead atoms. The zero-order chi connectivity index (χ0) is 36.5. The van der Waals surface area contributed by atoms with Gasteiger partial charge in [-0.25, -0.2) is 18.8 Å². The van der Waals surface area contributed by atoms with E-state index in [4.69, 9.17) is 14.2 Å². The molecule has 50 heavy (non-hydrogen) atoms. The van der Waals surface area contributed by atoms with Crippen molar-refractivity contribution in [3.8, 4) is 17.2 Å². The SMILES string of the molecule is CCCCCCCCCCC(=O)Oc1ccc(C(=O)Oc2ccc(C(=O)Oc3ccc(C(=O)O[C@H](CCCC)C(F)(F)F)c(F)c3)cc2)cc1. The van der Waals surface area contributed by atoms with Gasteiger partial charge in [0.1, 0.15) is 23.1 Å². The fraction of sp³-hybridized carbons (Fsp3) is 0.421. The molecule has 270 valence electrons. The molecule has 0 N–H and O–H groups in total. The third-order valence-electron chi connectivity index (χ3n) is 7.66. The van der Waals surface area contributed by atoms with Crippen LogP contribution in [0.25, 0.3) is 0 Å². The van der Waals surface area contributed by atoms with Crippen molar-refractivity contribution in [1.29, 1.82) is 0 Å². The lowest BCUT2D eigenvalue weighted by molar-refractivity contribution is -0.206. The molecular weight excluding hydrogens is 660 g/mol. The summed E-state index contributed by atoms with van der Waals surface area (Å²) < 4.78 is 74.6. The van der Waals surface area contributed by atoms with Gasteiger partial charge in [0.05, 0.1) is 16.7 Å². The zero-order valence-corrected chi connectivity index (χ0v) is 28.2. The van der Waals surface area contributed by atoms with Crippen molar-refractivity contribution in [2.45, 2.75) is 103 Å². The van der Waals surface area contributed by atoms with Crippen molar-refractivity contribution >= 4 is 23.9 Å². The molecule has 0 fully saturated rings. The second-order valence-corrected chi connectivity index (χ2v) is 11.7. The molecule has 0 saturated heterocycles. The third-order valence-corrected chi connectivity index (χ3v) is 7.66. The van der Waals surface area contributed by atoms with Crippen LogP contribution in [0.3, 0.4) is 0 Å². The highest BCUT2D eigenvalue weighted by Crippen LogP contribution is 2.29. The average molecular weight is 703 g/mol. The zero-order valence-electron chi connectivity index (χ0n) is 28.2. The first-order chi connectivity index (χ1) is 23.9. The predicted octanol–water partition coefficient (Wildman–Crippen LogP) is 9.98. The molecule has 0 aliphatic heterocycles. The van der Waals surface area contributed by atoms with Gasteiger partial charge >= 0.3 is 30.1 Å². The Kier molecular flexibility index (Phi) is 15.9. The number of alkyl halides is 3. The van der Waals surface area contributed by atoms with Crippen LogP contribution in [-0.2, 0) is 9.53 Å². The van der Waals surface area contributed by atoms with Crippen molar-refractivity contribution in [2.75, 3.05) is 0 Å². The van der Waals surface area contributed by atoms with E-state index < -0.39 is 48.0 Å². The van der Waals surface area contributed by atoms with E-state index in [1.165, 1.54) is 80.6 Å². The van der Waals surface area contributed by atoms with Crippen LogP contribution in [0.15, 0.2) is 66.7 Å². The number of carbonyl (C=O) groups excluding carboxylic acids is 4. The maximum atomic E-state index is 14.6. The Hall–Kier alpha value is -4.74. The van der Waals surface area contributed by atoms with Crippen molar-refractivity contribution in [2.24, 2.45) is 0 Å². The van der Waals surface area contributed by atoms with Crippen LogP contribution in [0.1, 0.15) is 122 Å². The van der Waals surface area contributed by atoms with E-state index in [1.54, 1.807) is 6.92 Å². The van der Waals surface area contributed by atoms with Crippen LogP contribution in [0.2, 0.25) is 0 Å². The second kappa shape index (κ2) is 20.1. The molecule has 3 rings (SSSR count). The molecule has 0 aliphatic carbocycles. The highest BCUT2D eigenvalue weighted by atomic mass is 19.4. The number of unbranched alkanes of at least 4 members (excludes halogenated alkanes) is 8. The number of rotatable bonds is 19. The maximum absolute atomic E-state index is 14.6. The summed E-state index contributed by atoms with van der Waals surface area (Å²) in [7, 11) is 0. The van der Waals surface area contributed by atoms with Gasteiger partial charge in [-0.15, -0.1) is 0 Å². The number of carbonyl (C=O) groups is 4. The summed E-state index contributed by atoms with van der Waals surface area (Å²) in [5.74, 6) is -4.57. The monoisotopic (exact) mass is 702 g/mol. The van der Waals surface area contributed by atoms with Gasteiger partial charge in [-0.05, 0) is 79.9 Å². The first-order valence-corrected chi connectivity index (χ1v) is 16.8. The van der Waals surface area contributed by atoms with Gasteiger partial charge in [0.2, 0.25) is 0 Å². The molecule has 0 radical (unpaired) electrons. The van der Waals surface area contributed by atoms with Crippen LogP contribution in [-0.4, -0.2) is 36.2 Å². The lowest BCUT2D eigenvalue weighted by Gasteiger charge is -2.20. The van der Waals surface area contributed by atoms with Crippen LogP contribution >= 0.6 is 0 Å². The minimum atomic E-state index is -4.81. The molecule has 3 aromatic carbocycles. The van der Waals surface area contributed by atoms with Crippen molar-refractivity contribution in [1.82, 2.24) is 0 Å². The van der Waals surface area contributed by atoms with Crippen LogP contribution in [0.4, 0.5) is 17.6 Å². The van der Waals surface area contributed by atoms with Gasteiger partial charge < -0.3 is 18.9 Å². The van der Waals surface area contributed by atoms with E-state index in [-0.39, 0.29) is 35.0 Å². The number of benzene rings is 3. The maximum Gasteiger partial charge on any atom is 0.425 e. The Morgan fingerprint density at radius 3 is 1.60 bits per heavy atom. The number of hydrogen-bond acceptors (Lipinski definition) is 8. The second-order valence-electron chi connectivity index (χ2n) is 11.7. The van der Waals surface area contributed by atoms with Crippen LogP contribution in [0.5, 0.6) is 17.2 Å². The van der Waals surface area contributed by atoms with Gasteiger partial charge in [-0.1, -0.05) is 65.2 Å². The fourth-order valence-electron chi connectivity index (χ4n) is 4.83. The molecule has 0 aliphatic rings. The Morgan fingerprint density at radius 2 is 1.08 bits per heavy atom. The molecule has 1 atom stereocenters. The minimum absolute atomic E-state index is 0.00998. The Bertz CT molecular complexity index is 1550. The number of halogens is 4. The lowest BCUT2D eigenvalue weighted by Crippen LogP contribution is -2.34. The van der Waals surface area contributed by atoms with E-state index >= 15 is 0 Å². The van der Waals surface area contributed by atoms with E-state index in [0.29, 0.717) is 24.7 Å². The fourth-order valence-corrected chi connectivity index (χ4v) is 4.83. The molecular formula is C38H42F4O8. The van der Waals surface area contributed by atoms with Gasteiger partial charge in [-0.2, -0.15) is 13.2 Å². The lowest BCUT2D eigenvalue weighted by atomic mass is 10.1. The first kappa shape index (κ1) is 39.7. The van der Waals surface area contributed by atoms with Crippen molar-refractivity contribution < 1.29 is 55.7 Å². The normalized spacial score (nSPS) is 11.8. The highest BCUT2D eigenvalue weighted by Gasteiger charge is 2.42. The summed E-state index contributed by atoms with van der Waals surface area (Å²) in [5.41, 5.74) is -0.539.